The van der Waals surface area contributed by atoms with Gasteiger partial charge < -0.3 is 5.73 Å². The van der Waals surface area contributed by atoms with E-state index >= 15 is 0 Å². The molecule has 0 unspecified atom stereocenters. The zero-order chi connectivity index (χ0) is 20.1. The molecule has 0 aromatic heterocycles. The quantitative estimate of drug-likeness (QED) is 0.469. The topological polar surface area (TPSA) is 115 Å². The number of hydrogen-bond donors (Lipinski definition) is 2. The zero-order valence-electron chi connectivity index (χ0n) is 14.8. The smallest absolute Gasteiger partial charge is 0.289 e. The number of nitrogens with one attached hydrogen (secondary N) is 1. The Balaban J connectivity index is 2.04. The molecule has 7 nitrogen and oxygen atoms in total. The maximum atomic E-state index is 13.0. The molecule has 0 spiro atoms. The maximum Gasteiger partial charge on any atom is 0.289 e. The Morgan fingerprint density at radius 1 is 0.821 bits per heavy atom. The number of rotatable bonds is 7. The first kappa shape index (κ1) is 19.7. The van der Waals surface area contributed by atoms with Crippen LogP contribution in [0.2, 0.25) is 0 Å². The molecule has 3 aromatic rings. The normalized spacial score (nSPS) is 13.6. The van der Waals surface area contributed by atoms with E-state index in [1.54, 1.807) is 36.4 Å². The van der Waals surface area contributed by atoms with Gasteiger partial charge in [0.05, 0.1) is 17.0 Å². The van der Waals surface area contributed by atoms with E-state index in [0.29, 0.717) is 5.56 Å². The van der Waals surface area contributed by atoms with Crippen molar-refractivity contribution in [2.24, 2.45) is 5.73 Å². The summed E-state index contributed by atoms with van der Waals surface area (Å²) >= 11 is 0. The second-order valence-electron chi connectivity index (χ2n) is 6.17. The lowest BCUT2D eigenvalue weighted by molar-refractivity contribution is -0.387. The summed E-state index contributed by atoms with van der Waals surface area (Å²) in [6.07, 6.45) is 0. The van der Waals surface area contributed by atoms with E-state index in [0.717, 1.165) is 11.6 Å². The van der Waals surface area contributed by atoms with E-state index in [9.17, 15) is 18.5 Å². The highest BCUT2D eigenvalue weighted by atomic mass is 32.2. The number of sulfonamides is 1. The second-order valence-corrected chi connectivity index (χ2v) is 7.85. The minimum Gasteiger partial charge on any atom is -0.322 e. The molecule has 3 N–H and O–H groups in total. The van der Waals surface area contributed by atoms with Gasteiger partial charge in [-0.05, 0) is 17.2 Å². The average molecular weight is 397 g/mol. The Morgan fingerprint density at radius 2 is 1.32 bits per heavy atom. The summed E-state index contributed by atoms with van der Waals surface area (Å²) in [5.41, 5.74) is 7.29. The highest BCUT2D eigenvalue weighted by Gasteiger charge is 2.31. The van der Waals surface area contributed by atoms with Gasteiger partial charge in [0.15, 0.2) is 4.90 Å². The molecule has 0 bridgehead atoms. The van der Waals surface area contributed by atoms with Crippen molar-refractivity contribution in [2.75, 3.05) is 0 Å². The number of nitro benzene ring substituents is 1. The van der Waals surface area contributed by atoms with Crippen molar-refractivity contribution >= 4 is 15.7 Å². The summed E-state index contributed by atoms with van der Waals surface area (Å²) in [4.78, 5) is 10.1. The maximum absolute atomic E-state index is 13.0. The third-order valence-corrected chi connectivity index (χ3v) is 5.82. The van der Waals surface area contributed by atoms with Crippen LogP contribution in [0.25, 0.3) is 0 Å². The monoisotopic (exact) mass is 397 g/mol. The molecule has 0 aliphatic carbocycles. The van der Waals surface area contributed by atoms with Gasteiger partial charge in [0.1, 0.15) is 0 Å². The molecule has 0 aliphatic heterocycles. The lowest BCUT2D eigenvalue weighted by atomic mass is 9.95. The molecule has 3 rings (SSSR count). The van der Waals surface area contributed by atoms with E-state index in [1.807, 2.05) is 24.3 Å². The summed E-state index contributed by atoms with van der Waals surface area (Å²) in [5.74, 6) is 0. The summed E-state index contributed by atoms with van der Waals surface area (Å²) in [5, 5.41) is 11.3. The van der Waals surface area contributed by atoms with Gasteiger partial charge in [0.2, 0.25) is 10.0 Å². The standard InChI is InChI=1S/C20H19N3O4S/c21-19(15-9-3-1-4-10-15)20(16-11-5-2-6-12-16)22-28(26,27)18-14-8-7-13-17(18)23(24)25/h1-14,19-20,22H,21H2/t19-,20-/m0/s1. The lowest BCUT2D eigenvalue weighted by Gasteiger charge is -2.26. The first-order valence-electron chi connectivity index (χ1n) is 8.51. The molecule has 0 saturated carbocycles. The van der Waals surface area contributed by atoms with Crippen molar-refractivity contribution in [3.63, 3.8) is 0 Å². The average Bonchev–Trinajstić information content (AvgIpc) is 2.73. The summed E-state index contributed by atoms with van der Waals surface area (Å²) < 4.78 is 28.6. The van der Waals surface area contributed by atoms with Crippen LogP contribution in [0.5, 0.6) is 0 Å². The molecule has 0 saturated heterocycles. The second kappa shape index (κ2) is 8.30. The van der Waals surface area contributed by atoms with Gasteiger partial charge in [-0.2, -0.15) is 0 Å². The predicted molar refractivity (Wildman–Crippen MR) is 106 cm³/mol. The summed E-state index contributed by atoms with van der Waals surface area (Å²) in [6.45, 7) is 0. The molecule has 0 aliphatic rings. The highest BCUT2D eigenvalue weighted by molar-refractivity contribution is 7.89. The zero-order valence-corrected chi connectivity index (χ0v) is 15.6. The predicted octanol–water partition coefficient (Wildman–Crippen LogP) is 3.31. The van der Waals surface area contributed by atoms with Crippen molar-refractivity contribution in [2.45, 2.75) is 17.0 Å². The van der Waals surface area contributed by atoms with Crippen molar-refractivity contribution < 1.29 is 13.3 Å². The Labute approximate surface area is 163 Å². The third kappa shape index (κ3) is 4.25. The summed E-state index contributed by atoms with van der Waals surface area (Å²) in [6, 6.07) is 21.7. The van der Waals surface area contributed by atoms with E-state index < -0.39 is 37.6 Å². The van der Waals surface area contributed by atoms with Gasteiger partial charge in [0, 0.05) is 6.07 Å². The van der Waals surface area contributed by atoms with Crippen LogP contribution in [0.15, 0.2) is 89.8 Å². The Hall–Kier alpha value is -3.07. The minimum absolute atomic E-state index is 0.402. The molecule has 0 heterocycles. The van der Waals surface area contributed by atoms with Crippen molar-refractivity contribution in [3.8, 4) is 0 Å². The van der Waals surface area contributed by atoms with Crippen LogP contribution in [0.4, 0.5) is 5.69 Å². The van der Waals surface area contributed by atoms with Crippen LogP contribution in [-0.2, 0) is 10.0 Å². The third-order valence-electron chi connectivity index (χ3n) is 4.34. The molecule has 8 heteroatoms. The van der Waals surface area contributed by atoms with Crippen LogP contribution < -0.4 is 10.5 Å². The molecule has 144 valence electrons. The molecule has 28 heavy (non-hydrogen) atoms. The first-order chi connectivity index (χ1) is 13.4. The number of nitrogens with two attached hydrogens (primary N) is 1. The fourth-order valence-electron chi connectivity index (χ4n) is 2.94. The van der Waals surface area contributed by atoms with Crippen LogP contribution in [0.3, 0.4) is 0 Å². The van der Waals surface area contributed by atoms with E-state index in [-0.39, 0.29) is 0 Å². The van der Waals surface area contributed by atoms with Gasteiger partial charge in [-0.1, -0.05) is 72.8 Å². The molecule has 3 aromatic carbocycles. The Bertz CT molecular complexity index is 1060. The molecule has 0 fully saturated rings. The van der Waals surface area contributed by atoms with E-state index in [2.05, 4.69) is 4.72 Å². The first-order valence-corrected chi connectivity index (χ1v) is 9.99. The number of hydrogen-bond acceptors (Lipinski definition) is 5. The van der Waals surface area contributed by atoms with Crippen LogP contribution >= 0.6 is 0 Å². The summed E-state index contributed by atoms with van der Waals surface area (Å²) in [7, 11) is -4.21. The molecule has 0 radical (unpaired) electrons. The van der Waals surface area contributed by atoms with Crippen LogP contribution in [-0.4, -0.2) is 13.3 Å². The van der Waals surface area contributed by atoms with Crippen molar-refractivity contribution in [1.29, 1.82) is 0 Å². The van der Waals surface area contributed by atoms with Crippen molar-refractivity contribution in [1.82, 2.24) is 4.72 Å². The van der Waals surface area contributed by atoms with E-state index in [1.165, 1.54) is 18.2 Å². The van der Waals surface area contributed by atoms with Crippen molar-refractivity contribution in [3.05, 3.63) is 106 Å². The van der Waals surface area contributed by atoms with Gasteiger partial charge in [-0.25, -0.2) is 13.1 Å². The van der Waals surface area contributed by atoms with Crippen LogP contribution in [0, 0.1) is 10.1 Å². The molecule has 0 amide bonds. The van der Waals surface area contributed by atoms with E-state index in [4.69, 9.17) is 5.73 Å². The Kier molecular flexibility index (Phi) is 5.84. The van der Waals surface area contributed by atoms with Crippen LogP contribution in [0.1, 0.15) is 23.2 Å². The van der Waals surface area contributed by atoms with Gasteiger partial charge >= 0.3 is 0 Å². The van der Waals surface area contributed by atoms with Gasteiger partial charge in [-0.15, -0.1) is 0 Å². The fourth-order valence-corrected chi connectivity index (χ4v) is 4.36. The minimum atomic E-state index is -4.21. The van der Waals surface area contributed by atoms with Gasteiger partial charge in [0.25, 0.3) is 5.69 Å². The molecular weight excluding hydrogens is 378 g/mol. The number of nitrogens with zero attached hydrogens (tertiary/aromatic N) is 1. The lowest BCUT2D eigenvalue weighted by Crippen LogP contribution is -2.36. The number of para-hydroxylation sites is 1. The molecular formula is C20H19N3O4S. The Morgan fingerprint density at radius 3 is 1.89 bits per heavy atom. The number of nitro groups is 1. The largest absolute Gasteiger partial charge is 0.322 e. The molecule has 2 atom stereocenters. The highest BCUT2D eigenvalue weighted by Crippen LogP contribution is 2.30. The fraction of sp³-hybridized carbons (Fsp3) is 0.100. The SMILES string of the molecule is N[C@@H](c1ccccc1)[C@@H](NS(=O)(=O)c1ccccc1[N+](=O)[O-])c1ccccc1. The van der Waals surface area contributed by atoms with Gasteiger partial charge in [-0.3, -0.25) is 10.1 Å². The number of benzene rings is 3.